The number of carbonyl (C=O) groups is 2. The third kappa shape index (κ3) is 4.91. The summed E-state index contributed by atoms with van der Waals surface area (Å²) in [5.41, 5.74) is 0.327. The molecule has 10 heteroatoms. The molecule has 1 atom stereocenters. The number of amides is 1. The monoisotopic (exact) mass is 381 g/mol. The van der Waals surface area contributed by atoms with Gasteiger partial charge < -0.3 is 20.1 Å². The van der Waals surface area contributed by atoms with Crippen molar-refractivity contribution in [2.45, 2.75) is 10.9 Å². The van der Waals surface area contributed by atoms with Crippen molar-refractivity contribution in [2.24, 2.45) is 0 Å². The molecule has 26 heavy (non-hydrogen) atoms. The number of H-pyrrole nitrogens is 1. The molecule has 1 aromatic heterocycles. The van der Waals surface area contributed by atoms with Crippen LogP contribution in [-0.2, 0) is 19.6 Å². The van der Waals surface area contributed by atoms with Crippen molar-refractivity contribution < 1.29 is 27.9 Å². The summed E-state index contributed by atoms with van der Waals surface area (Å²) in [5, 5.41) is 11.7. The fourth-order valence-electron chi connectivity index (χ4n) is 2.16. The van der Waals surface area contributed by atoms with Gasteiger partial charge in [0.2, 0.25) is 10.0 Å². The second kappa shape index (κ2) is 8.61. The first-order chi connectivity index (χ1) is 12.3. The van der Waals surface area contributed by atoms with Crippen LogP contribution in [0.25, 0.3) is 0 Å². The molecule has 0 unspecified atom stereocenters. The van der Waals surface area contributed by atoms with Crippen molar-refractivity contribution in [1.29, 1.82) is 0 Å². The van der Waals surface area contributed by atoms with Gasteiger partial charge in [-0.1, -0.05) is 30.3 Å². The number of hydrogen-bond donors (Lipinski definition) is 4. The largest absolute Gasteiger partial charge is 0.479 e. The Morgan fingerprint density at radius 3 is 2.58 bits per heavy atom. The van der Waals surface area contributed by atoms with Crippen molar-refractivity contribution in [3.63, 3.8) is 0 Å². The summed E-state index contributed by atoms with van der Waals surface area (Å²) in [4.78, 5) is 26.1. The molecule has 0 spiro atoms. The van der Waals surface area contributed by atoms with Gasteiger partial charge in [-0.15, -0.1) is 0 Å². The van der Waals surface area contributed by atoms with E-state index in [-0.39, 0.29) is 23.7 Å². The number of rotatable bonds is 9. The highest BCUT2D eigenvalue weighted by molar-refractivity contribution is 7.89. The normalized spacial score (nSPS) is 12.5. The predicted octanol–water partition coefficient (Wildman–Crippen LogP) is 0.495. The molecule has 0 aliphatic heterocycles. The molecular weight excluding hydrogens is 362 g/mol. The molecule has 0 saturated heterocycles. The number of carboxylic acid groups (broad SMARTS) is 1. The van der Waals surface area contributed by atoms with Crippen LogP contribution in [0.4, 0.5) is 0 Å². The molecule has 4 N–H and O–H groups in total. The predicted molar refractivity (Wildman–Crippen MR) is 92.1 cm³/mol. The minimum atomic E-state index is -3.80. The van der Waals surface area contributed by atoms with Gasteiger partial charge in [-0.25, -0.2) is 17.9 Å². The van der Waals surface area contributed by atoms with Gasteiger partial charge >= 0.3 is 5.97 Å². The molecule has 0 aliphatic carbocycles. The summed E-state index contributed by atoms with van der Waals surface area (Å²) in [6.45, 7) is 0.287. The van der Waals surface area contributed by atoms with Gasteiger partial charge in [0.25, 0.3) is 5.91 Å². The molecule has 0 saturated carbocycles. The van der Waals surface area contributed by atoms with Crippen LogP contribution in [0.15, 0.2) is 47.5 Å². The van der Waals surface area contributed by atoms with Crippen molar-refractivity contribution in [3.05, 3.63) is 53.9 Å². The molecule has 2 aromatic rings. The number of aromatic amines is 1. The number of methoxy groups -OCH3 is 1. The zero-order valence-electron chi connectivity index (χ0n) is 13.9. The van der Waals surface area contributed by atoms with Crippen LogP contribution in [0.1, 0.15) is 22.1 Å². The van der Waals surface area contributed by atoms with Gasteiger partial charge in [0.05, 0.1) is 6.61 Å². The van der Waals surface area contributed by atoms with Gasteiger partial charge in [0.1, 0.15) is 10.6 Å². The standard InChI is InChI=1S/C16H19N3O6S/c1-25-8-7-18-26(23,24)12-9-13(17-10-12)15(20)19-14(16(21)22)11-5-3-2-4-6-11/h2-6,9-10,14,17-18H,7-8H2,1H3,(H,19,20)(H,21,22)/t14-/m1/s1. The summed E-state index contributed by atoms with van der Waals surface area (Å²) in [6, 6.07) is 8.06. The topological polar surface area (TPSA) is 138 Å². The number of benzene rings is 1. The Balaban J connectivity index is 2.13. The number of sulfonamides is 1. The van der Waals surface area contributed by atoms with E-state index in [9.17, 15) is 23.1 Å². The molecule has 0 fully saturated rings. The number of aromatic nitrogens is 1. The first kappa shape index (κ1) is 19.6. The third-order valence-electron chi connectivity index (χ3n) is 3.47. The molecule has 1 aromatic carbocycles. The lowest BCUT2D eigenvalue weighted by Gasteiger charge is -2.14. The molecule has 140 valence electrons. The highest BCUT2D eigenvalue weighted by Gasteiger charge is 2.24. The number of ether oxygens (including phenoxy) is 1. The van der Waals surface area contributed by atoms with Crippen molar-refractivity contribution in [3.8, 4) is 0 Å². The number of nitrogens with one attached hydrogen (secondary N) is 3. The van der Waals surface area contributed by atoms with Crippen LogP contribution >= 0.6 is 0 Å². The summed E-state index contributed by atoms with van der Waals surface area (Å²) in [7, 11) is -2.36. The molecule has 2 rings (SSSR count). The Hall–Kier alpha value is -2.69. The highest BCUT2D eigenvalue weighted by Crippen LogP contribution is 2.15. The van der Waals surface area contributed by atoms with E-state index in [1.54, 1.807) is 30.3 Å². The number of hydrogen-bond acceptors (Lipinski definition) is 5. The van der Waals surface area contributed by atoms with Crippen LogP contribution in [0, 0.1) is 0 Å². The van der Waals surface area contributed by atoms with Crippen molar-refractivity contribution >= 4 is 21.9 Å². The molecule has 9 nitrogen and oxygen atoms in total. The summed E-state index contributed by atoms with van der Waals surface area (Å²) < 4.78 is 31.2. The lowest BCUT2D eigenvalue weighted by Crippen LogP contribution is -2.33. The Morgan fingerprint density at radius 1 is 1.27 bits per heavy atom. The van der Waals surface area contributed by atoms with Gasteiger partial charge in [0.15, 0.2) is 6.04 Å². The van der Waals surface area contributed by atoms with E-state index >= 15 is 0 Å². The first-order valence-corrected chi connectivity index (χ1v) is 9.09. The van der Waals surface area contributed by atoms with Gasteiger partial charge in [-0.3, -0.25) is 4.79 Å². The third-order valence-corrected chi connectivity index (χ3v) is 4.91. The minimum Gasteiger partial charge on any atom is -0.479 e. The van der Waals surface area contributed by atoms with Crippen LogP contribution < -0.4 is 10.0 Å². The van der Waals surface area contributed by atoms with E-state index in [1.807, 2.05) is 0 Å². The molecule has 0 bridgehead atoms. The van der Waals surface area contributed by atoms with E-state index < -0.39 is 27.9 Å². The highest BCUT2D eigenvalue weighted by atomic mass is 32.2. The Labute approximate surface area is 150 Å². The Bertz CT molecular complexity index is 863. The van der Waals surface area contributed by atoms with Gasteiger partial charge in [-0.2, -0.15) is 0 Å². The molecule has 1 heterocycles. The minimum absolute atomic E-state index is 0.0701. The lowest BCUT2D eigenvalue weighted by atomic mass is 10.1. The summed E-state index contributed by atoms with van der Waals surface area (Å²) >= 11 is 0. The zero-order chi connectivity index (χ0) is 19.2. The average molecular weight is 381 g/mol. The smallest absolute Gasteiger partial charge is 0.330 e. The SMILES string of the molecule is COCCNS(=O)(=O)c1c[nH]c(C(=O)N[C@@H](C(=O)O)c2ccccc2)c1. The van der Waals surface area contributed by atoms with Crippen LogP contribution in [0.3, 0.4) is 0 Å². The van der Waals surface area contributed by atoms with Crippen LogP contribution in [0.5, 0.6) is 0 Å². The maximum absolute atomic E-state index is 12.3. The summed E-state index contributed by atoms with van der Waals surface area (Å²) in [6.07, 6.45) is 1.16. The summed E-state index contributed by atoms with van der Waals surface area (Å²) in [5.74, 6) is -1.97. The molecule has 1 amide bonds. The number of aliphatic carboxylic acids is 1. The average Bonchev–Trinajstić information content (AvgIpc) is 3.11. The van der Waals surface area contributed by atoms with Crippen molar-refractivity contribution in [1.82, 2.24) is 15.0 Å². The quantitative estimate of drug-likeness (QED) is 0.467. The van der Waals surface area contributed by atoms with E-state index in [0.29, 0.717) is 5.56 Å². The lowest BCUT2D eigenvalue weighted by molar-refractivity contribution is -0.139. The second-order valence-electron chi connectivity index (χ2n) is 5.30. The Morgan fingerprint density at radius 2 is 1.96 bits per heavy atom. The van der Waals surface area contributed by atoms with E-state index in [2.05, 4.69) is 15.0 Å². The van der Waals surface area contributed by atoms with Crippen molar-refractivity contribution in [2.75, 3.05) is 20.3 Å². The van der Waals surface area contributed by atoms with Gasteiger partial charge in [0, 0.05) is 19.9 Å². The second-order valence-corrected chi connectivity index (χ2v) is 7.06. The number of carbonyl (C=O) groups excluding carboxylic acids is 1. The number of carboxylic acids is 1. The maximum Gasteiger partial charge on any atom is 0.330 e. The fourth-order valence-corrected chi connectivity index (χ4v) is 3.17. The van der Waals surface area contributed by atoms with E-state index in [4.69, 9.17) is 4.74 Å². The fraction of sp³-hybridized carbons (Fsp3) is 0.250. The molecule has 0 radical (unpaired) electrons. The Kier molecular flexibility index (Phi) is 6.50. The molecular formula is C16H19N3O6S. The van der Waals surface area contributed by atoms with Crippen LogP contribution in [0.2, 0.25) is 0 Å². The van der Waals surface area contributed by atoms with Crippen LogP contribution in [-0.4, -0.2) is 50.6 Å². The first-order valence-electron chi connectivity index (χ1n) is 7.61. The van der Waals surface area contributed by atoms with E-state index in [0.717, 1.165) is 12.3 Å². The zero-order valence-corrected chi connectivity index (χ0v) is 14.7. The van der Waals surface area contributed by atoms with E-state index in [1.165, 1.54) is 7.11 Å². The molecule has 0 aliphatic rings. The van der Waals surface area contributed by atoms with Gasteiger partial charge in [-0.05, 0) is 11.6 Å². The maximum atomic E-state index is 12.3.